The van der Waals surface area contributed by atoms with Gasteiger partial charge in [0.1, 0.15) is 0 Å². The molecule has 0 spiro atoms. The molecule has 1 rings (SSSR count). The van der Waals surface area contributed by atoms with E-state index in [9.17, 15) is 0 Å². The summed E-state index contributed by atoms with van der Waals surface area (Å²) < 4.78 is 0. The summed E-state index contributed by atoms with van der Waals surface area (Å²) in [5.74, 6) is 0. The zero-order chi connectivity index (χ0) is 11.7. The summed E-state index contributed by atoms with van der Waals surface area (Å²) in [6, 6.07) is 6.09. The molecule has 1 aromatic carbocycles. The van der Waals surface area contributed by atoms with Crippen LogP contribution in [0.15, 0.2) is 24.3 Å². The molecule has 0 saturated heterocycles. The van der Waals surface area contributed by atoms with Gasteiger partial charge in [-0.3, -0.25) is 0 Å². The van der Waals surface area contributed by atoms with E-state index in [-0.39, 0.29) is 12.8 Å². The molecule has 3 nitrogen and oxygen atoms in total. The molecule has 0 aliphatic carbocycles. The van der Waals surface area contributed by atoms with E-state index in [0.29, 0.717) is 0 Å². The van der Waals surface area contributed by atoms with Crippen LogP contribution < -0.4 is 0 Å². The Morgan fingerprint density at radius 3 is 2.47 bits per heavy atom. The Morgan fingerprint density at radius 2 is 2.00 bits per heavy atom. The van der Waals surface area contributed by atoms with Gasteiger partial charge in [-0.15, -0.1) is 0 Å². The molecular formula is C12H14O3. The predicted octanol–water partition coefficient (Wildman–Crippen LogP) is 1.94. The Labute approximate surface area is 89.1 Å². The summed E-state index contributed by atoms with van der Waals surface area (Å²) in [6.07, 6.45) is 4.27. The van der Waals surface area contributed by atoms with Crippen molar-refractivity contribution in [1.29, 1.82) is 0 Å². The molecule has 0 amide bonds. The molecule has 0 atom stereocenters. The van der Waals surface area contributed by atoms with Crippen LogP contribution in [-0.2, 0) is 16.2 Å². The number of aryl methyl sites for hydroxylation is 1. The highest BCUT2D eigenvalue weighted by molar-refractivity contribution is 5.51. The molecule has 0 saturated carbocycles. The summed E-state index contributed by atoms with van der Waals surface area (Å²) in [7, 11) is 0. The molecule has 1 N–H and O–H groups in total. The smallest absolute Gasteiger partial charge is 0.373 e. The second-order valence-electron chi connectivity index (χ2n) is 2.93. The first-order chi connectivity index (χ1) is 7.19. The highest BCUT2D eigenvalue weighted by Crippen LogP contribution is 2.12. The van der Waals surface area contributed by atoms with Gasteiger partial charge in [-0.05, 0) is 36.6 Å². The van der Waals surface area contributed by atoms with Gasteiger partial charge in [-0.2, -0.15) is 9.59 Å². The Kier molecular flexibility index (Phi) is 6.81. The number of aliphatic hydroxyl groups is 1. The largest absolute Gasteiger partial charge is 0.392 e. The second kappa shape index (κ2) is 7.68. The summed E-state index contributed by atoms with van der Waals surface area (Å²) in [4.78, 5) is 16.2. The molecule has 80 valence electrons. The molecule has 15 heavy (non-hydrogen) atoms. The predicted molar refractivity (Wildman–Crippen MR) is 56.8 cm³/mol. The second-order valence-corrected chi connectivity index (χ2v) is 2.93. The van der Waals surface area contributed by atoms with E-state index in [4.69, 9.17) is 14.7 Å². The Morgan fingerprint density at radius 1 is 1.40 bits per heavy atom. The average Bonchev–Trinajstić information content (AvgIpc) is 2.22. The fourth-order valence-electron chi connectivity index (χ4n) is 1.16. The van der Waals surface area contributed by atoms with Crippen LogP contribution in [0.2, 0.25) is 0 Å². The fourth-order valence-corrected chi connectivity index (χ4v) is 1.16. The minimum Gasteiger partial charge on any atom is -0.392 e. The first-order valence-electron chi connectivity index (χ1n) is 4.52. The van der Waals surface area contributed by atoms with Crippen molar-refractivity contribution in [1.82, 2.24) is 0 Å². The van der Waals surface area contributed by atoms with E-state index in [0.717, 1.165) is 16.7 Å². The normalized spacial score (nSPS) is 9.27. The number of hydrogen-bond acceptors (Lipinski definition) is 3. The lowest BCUT2D eigenvalue weighted by Gasteiger charge is -2.02. The molecule has 3 heteroatoms. The number of allylic oxidation sites excluding steroid dienone is 1. The molecule has 0 bridgehead atoms. The van der Waals surface area contributed by atoms with E-state index in [1.807, 2.05) is 38.1 Å². The van der Waals surface area contributed by atoms with Gasteiger partial charge in [-0.1, -0.05) is 24.3 Å². The third-order valence-corrected chi connectivity index (χ3v) is 1.90. The van der Waals surface area contributed by atoms with Crippen molar-refractivity contribution in [2.45, 2.75) is 20.5 Å². The molecule has 0 radical (unpaired) electrons. The number of benzene rings is 1. The Bertz CT molecular complexity index is 361. The van der Waals surface area contributed by atoms with E-state index in [1.165, 1.54) is 0 Å². The van der Waals surface area contributed by atoms with Crippen LogP contribution in [0.4, 0.5) is 0 Å². The summed E-state index contributed by atoms with van der Waals surface area (Å²) >= 11 is 0. The van der Waals surface area contributed by atoms with Crippen molar-refractivity contribution in [2.24, 2.45) is 0 Å². The SMILES string of the molecule is C/C=C/c1ccc(C)c(CO)c1.O=C=O. The number of hydrogen-bond donors (Lipinski definition) is 1. The molecule has 0 aliphatic heterocycles. The van der Waals surface area contributed by atoms with Crippen LogP contribution in [0, 0.1) is 6.92 Å². The third-order valence-electron chi connectivity index (χ3n) is 1.90. The number of carbonyl (C=O) groups excluding carboxylic acids is 2. The van der Waals surface area contributed by atoms with Gasteiger partial charge in [-0.25, -0.2) is 0 Å². The molecule has 0 aliphatic rings. The molecule has 0 fully saturated rings. The molecular weight excluding hydrogens is 192 g/mol. The van der Waals surface area contributed by atoms with Gasteiger partial charge in [0.15, 0.2) is 0 Å². The minimum atomic E-state index is 0.122. The first-order valence-corrected chi connectivity index (χ1v) is 4.52. The maximum Gasteiger partial charge on any atom is 0.373 e. The monoisotopic (exact) mass is 206 g/mol. The lowest BCUT2D eigenvalue weighted by Crippen LogP contribution is -1.88. The van der Waals surface area contributed by atoms with Crippen molar-refractivity contribution in [3.63, 3.8) is 0 Å². The average molecular weight is 206 g/mol. The van der Waals surface area contributed by atoms with E-state index in [1.54, 1.807) is 0 Å². The summed E-state index contributed by atoms with van der Waals surface area (Å²) in [5.41, 5.74) is 3.29. The van der Waals surface area contributed by atoms with Gasteiger partial charge >= 0.3 is 6.15 Å². The van der Waals surface area contributed by atoms with Crippen molar-refractivity contribution >= 4 is 12.2 Å². The quantitative estimate of drug-likeness (QED) is 0.804. The first kappa shape index (κ1) is 13.3. The van der Waals surface area contributed by atoms with E-state index in [2.05, 4.69) is 6.07 Å². The van der Waals surface area contributed by atoms with Crippen LogP contribution in [0.3, 0.4) is 0 Å². The van der Waals surface area contributed by atoms with Crippen molar-refractivity contribution in [2.75, 3.05) is 0 Å². The topological polar surface area (TPSA) is 54.4 Å². The standard InChI is InChI=1S/C11H14O.CO2/c1-3-4-10-6-5-9(2)11(7-10)8-12;2-1-3/h3-7,12H,8H2,1-2H3;/b4-3+;. The Balaban J connectivity index is 0.000000583. The fraction of sp³-hybridized carbons (Fsp3) is 0.250. The number of aliphatic hydroxyl groups excluding tert-OH is 1. The summed E-state index contributed by atoms with van der Waals surface area (Å²) in [6.45, 7) is 4.11. The molecule has 0 aromatic heterocycles. The maximum absolute atomic E-state index is 8.99. The van der Waals surface area contributed by atoms with Gasteiger partial charge in [0.25, 0.3) is 0 Å². The van der Waals surface area contributed by atoms with Crippen molar-refractivity contribution in [3.05, 3.63) is 41.0 Å². The zero-order valence-corrected chi connectivity index (χ0v) is 8.86. The van der Waals surface area contributed by atoms with Crippen LogP contribution in [-0.4, -0.2) is 11.3 Å². The third kappa shape index (κ3) is 4.91. The molecule has 1 aromatic rings. The lowest BCUT2D eigenvalue weighted by atomic mass is 10.1. The van der Waals surface area contributed by atoms with Crippen molar-refractivity contribution in [3.8, 4) is 0 Å². The molecule has 0 heterocycles. The summed E-state index contributed by atoms with van der Waals surface area (Å²) in [5, 5.41) is 8.99. The maximum atomic E-state index is 8.99. The zero-order valence-electron chi connectivity index (χ0n) is 8.86. The Hall–Kier alpha value is -1.70. The highest BCUT2D eigenvalue weighted by atomic mass is 16.3. The van der Waals surface area contributed by atoms with Crippen LogP contribution >= 0.6 is 0 Å². The van der Waals surface area contributed by atoms with Crippen LogP contribution in [0.5, 0.6) is 0 Å². The van der Waals surface area contributed by atoms with E-state index < -0.39 is 0 Å². The van der Waals surface area contributed by atoms with Crippen LogP contribution in [0.25, 0.3) is 6.08 Å². The van der Waals surface area contributed by atoms with Gasteiger partial charge in [0.05, 0.1) is 6.61 Å². The lowest BCUT2D eigenvalue weighted by molar-refractivity contribution is -0.191. The number of rotatable bonds is 2. The van der Waals surface area contributed by atoms with Gasteiger partial charge in [0, 0.05) is 0 Å². The van der Waals surface area contributed by atoms with Crippen molar-refractivity contribution < 1.29 is 14.7 Å². The van der Waals surface area contributed by atoms with Gasteiger partial charge < -0.3 is 5.11 Å². The van der Waals surface area contributed by atoms with Crippen LogP contribution in [0.1, 0.15) is 23.6 Å². The highest BCUT2D eigenvalue weighted by Gasteiger charge is 1.95. The molecule has 0 unspecified atom stereocenters. The van der Waals surface area contributed by atoms with E-state index >= 15 is 0 Å². The van der Waals surface area contributed by atoms with Gasteiger partial charge in [0.2, 0.25) is 0 Å². The minimum absolute atomic E-state index is 0.122.